The molecule has 1 heterocycles. The van der Waals surface area contributed by atoms with Crippen LogP contribution in [-0.4, -0.2) is 25.7 Å². The van der Waals surface area contributed by atoms with Gasteiger partial charge in [-0.15, -0.1) is 0 Å². The zero-order valence-corrected chi connectivity index (χ0v) is 21.5. The van der Waals surface area contributed by atoms with Crippen molar-refractivity contribution in [2.45, 2.75) is 32.7 Å². The molecule has 0 aliphatic heterocycles. The number of methoxy groups -OCH3 is 1. The smallest absolute Gasteiger partial charge is 0.130 e. The van der Waals surface area contributed by atoms with Crippen molar-refractivity contribution in [3.63, 3.8) is 0 Å². The van der Waals surface area contributed by atoms with Gasteiger partial charge in [0.2, 0.25) is 0 Å². The van der Waals surface area contributed by atoms with Gasteiger partial charge in [0.1, 0.15) is 11.6 Å². The van der Waals surface area contributed by atoms with Crippen LogP contribution in [0.5, 0.6) is 5.75 Å². The molecule has 0 aliphatic rings. The minimum atomic E-state index is -0.0779. The van der Waals surface area contributed by atoms with E-state index in [0.29, 0.717) is 5.56 Å². The van der Waals surface area contributed by atoms with E-state index in [4.69, 9.17) is 10.00 Å². The third-order valence-electron chi connectivity index (χ3n) is 5.86. The highest BCUT2D eigenvalue weighted by Crippen LogP contribution is 2.27. The highest BCUT2D eigenvalue weighted by molar-refractivity contribution is 5.63. The number of nitriles is 1. The van der Waals surface area contributed by atoms with Gasteiger partial charge in [0.05, 0.1) is 24.8 Å². The summed E-state index contributed by atoms with van der Waals surface area (Å²) in [5.41, 5.74) is 6.19. The Kier molecular flexibility index (Phi) is 10.1. The third kappa shape index (κ3) is 7.46. The van der Waals surface area contributed by atoms with Crippen LogP contribution in [0.25, 0.3) is 5.57 Å². The highest BCUT2D eigenvalue weighted by atomic mass is 16.5. The van der Waals surface area contributed by atoms with Gasteiger partial charge in [-0.3, -0.25) is 0 Å². The fourth-order valence-electron chi connectivity index (χ4n) is 3.94. The number of allylic oxidation sites excluding steroid dienone is 2. The summed E-state index contributed by atoms with van der Waals surface area (Å²) in [5.74, 6) is 1.61. The first-order chi connectivity index (χ1) is 17.6. The number of rotatable bonds is 12. The van der Waals surface area contributed by atoms with E-state index in [2.05, 4.69) is 65.1 Å². The summed E-state index contributed by atoms with van der Waals surface area (Å²) >= 11 is 0. The van der Waals surface area contributed by atoms with Crippen LogP contribution < -0.4 is 20.7 Å². The van der Waals surface area contributed by atoms with Gasteiger partial charge in [0.15, 0.2) is 0 Å². The monoisotopic (exact) mass is 481 g/mol. The normalized spacial score (nSPS) is 12.5. The van der Waals surface area contributed by atoms with Gasteiger partial charge in [-0.05, 0) is 84.6 Å². The van der Waals surface area contributed by atoms with Crippen molar-refractivity contribution < 1.29 is 4.74 Å². The zero-order valence-electron chi connectivity index (χ0n) is 21.5. The van der Waals surface area contributed by atoms with Crippen LogP contribution >= 0.6 is 0 Å². The first kappa shape index (κ1) is 26.5. The van der Waals surface area contributed by atoms with Crippen molar-refractivity contribution >= 4 is 11.4 Å². The predicted octanol–water partition coefficient (Wildman–Crippen LogP) is 5.82. The first-order valence-electron chi connectivity index (χ1n) is 12.2. The number of pyridine rings is 1. The molecule has 0 saturated carbocycles. The van der Waals surface area contributed by atoms with Gasteiger partial charge in [-0.1, -0.05) is 37.3 Å². The Labute approximate surface area is 214 Å². The molecule has 0 spiro atoms. The van der Waals surface area contributed by atoms with Crippen LogP contribution in [0, 0.1) is 11.3 Å². The lowest BCUT2D eigenvalue weighted by Gasteiger charge is -2.24. The van der Waals surface area contributed by atoms with Gasteiger partial charge in [-0.25, -0.2) is 4.98 Å². The Morgan fingerprint density at radius 2 is 1.94 bits per heavy atom. The maximum absolute atomic E-state index is 9.05. The Bertz CT molecular complexity index is 1210. The molecule has 186 valence electrons. The molecule has 0 amide bonds. The minimum absolute atomic E-state index is 0.0779. The van der Waals surface area contributed by atoms with Crippen LogP contribution in [0.3, 0.4) is 0 Å². The van der Waals surface area contributed by atoms with E-state index in [1.165, 1.54) is 5.56 Å². The van der Waals surface area contributed by atoms with E-state index in [1.54, 1.807) is 7.11 Å². The number of hydrogen-bond acceptors (Lipinski definition) is 6. The fraction of sp³-hybridized carbons (Fsp3) is 0.267. The van der Waals surface area contributed by atoms with E-state index >= 15 is 0 Å². The van der Waals surface area contributed by atoms with Crippen LogP contribution in [0.4, 0.5) is 5.82 Å². The number of hydrogen-bond donors (Lipinski definition) is 3. The predicted molar refractivity (Wildman–Crippen MR) is 148 cm³/mol. The van der Waals surface area contributed by atoms with Gasteiger partial charge < -0.3 is 20.7 Å². The van der Waals surface area contributed by atoms with Crippen molar-refractivity contribution in [2.75, 3.05) is 26.0 Å². The Morgan fingerprint density at radius 1 is 1.14 bits per heavy atom. The quantitative estimate of drug-likeness (QED) is 0.302. The summed E-state index contributed by atoms with van der Waals surface area (Å²) in [6, 6.07) is 22.1. The molecular formula is C30H35N5O. The number of nitrogens with one attached hydrogen (secondary N) is 3. The SMILES string of the molecule is CC/C=C(\Nc1ccc(/C(C)=C/NC)cn1)C(NCCc1ccc(C#N)cc1)c1cccc(OC)c1. The molecule has 0 fully saturated rings. The minimum Gasteiger partial charge on any atom is -0.497 e. The number of anilines is 1. The largest absolute Gasteiger partial charge is 0.497 e. The van der Waals surface area contributed by atoms with E-state index in [1.807, 2.05) is 61.9 Å². The van der Waals surface area contributed by atoms with Crippen LogP contribution in [0.2, 0.25) is 0 Å². The summed E-state index contributed by atoms with van der Waals surface area (Å²) in [6.45, 7) is 4.94. The standard InChI is InChI=1S/C30H35N5O/c1-5-7-28(35-29-15-14-26(21-34-29)22(2)20-32-3)30(25-8-6-9-27(18-25)36-4)33-17-16-23-10-12-24(19-31)13-11-23/h6-15,18,20-21,30,32-33H,5,16-17H2,1-4H3,(H,34,35)/b22-20+,28-7-. The summed E-state index contributed by atoms with van der Waals surface area (Å²) in [4.78, 5) is 4.66. The van der Waals surface area contributed by atoms with Crippen molar-refractivity contribution in [2.24, 2.45) is 0 Å². The molecule has 0 bridgehead atoms. The van der Waals surface area contributed by atoms with Gasteiger partial charge in [0.25, 0.3) is 0 Å². The second kappa shape index (κ2) is 13.7. The van der Waals surface area contributed by atoms with Crippen molar-refractivity contribution in [1.29, 1.82) is 5.26 Å². The van der Waals surface area contributed by atoms with Crippen LogP contribution in [0.15, 0.2) is 84.8 Å². The van der Waals surface area contributed by atoms with E-state index in [0.717, 1.165) is 53.4 Å². The van der Waals surface area contributed by atoms with E-state index in [-0.39, 0.29) is 6.04 Å². The summed E-state index contributed by atoms with van der Waals surface area (Å²) < 4.78 is 5.50. The highest BCUT2D eigenvalue weighted by Gasteiger charge is 2.18. The molecule has 2 aromatic carbocycles. The molecule has 1 aromatic heterocycles. The maximum atomic E-state index is 9.05. The molecule has 3 N–H and O–H groups in total. The summed E-state index contributed by atoms with van der Waals surface area (Å²) in [5, 5.41) is 19.4. The molecule has 6 heteroatoms. The second-order valence-electron chi connectivity index (χ2n) is 8.46. The number of nitrogens with zero attached hydrogens (tertiary/aromatic N) is 2. The Balaban J connectivity index is 1.83. The van der Waals surface area contributed by atoms with Crippen molar-refractivity contribution in [3.05, 3.63) is 107 Å². The fourth-order valence-corrected chi connectivity index (χ4v) is 3.94. The molecule has 0 radical (unpaired) electrons. The lowest BCUT2D eigenvalue weighted by Crippen LogP contribution is -2.28. The Hall–Kier alpha value is -4.08. The van der Waals surface area contributed by atoms with Crippen molar-refractivity contribution in [1.82, 2.24) is 15.6 Å². The summed E-state index contributed by atoms with van der Waals surface area (Å²) in [6.07, 6.45) is 7.76. The van der Waals surface area contributed by atoms with Crippen molar-refractivity contribution in [3.8, 4) is 11.8 Å². The lowest BCUT2D eigenvalue weighted by molar-refractivity contribution is 0.413. The number of benzene rings is 2. The van der Waals surface area contributed by atoms with Gasteiger partial charge in [0, 0.05) is 25.5 Å². The molecule has 0 aliphatic carbocycles. The topological polar surface area (TPSA) is 82.0 Å². The molecule has 1 atom stereocenters. The number of ether oxygens (including phenoxy) is 1. The van der Waals surface area contributed by atoms with E-state index < -0.39 is 0 Å². The zero-order chi connectivity index (χ0) is 25.8. The Morgan fingerprint density at radius 3 is 2.58 bits per heavy atom. The average molecular weight is 482 g/mol. The molecule has 0 saturated heterocycles. The molecular weight excluding hydrogens is 446 g/mol. The maximum Gasteiger partial charge on any atom is 0.130 e. The molecule has 1 unspecified atom stereocenters. The molecule has 3 aromatic rings. The van der Waals surface area contributed by atoms with E-state index in [9.17, 15) is 0 Å². The lowest BCUT2D eigenvalue weighted by atomic mass is 10.0. The second-order valence-corrected chi connectivity index (χ2v) is 8.46. The third-order valence-corrected chi connectivity index (χ3v) is 5.86. The molecule has 3 rings (SSSR count). The van der Waals surface area contributed by atoms with Gasteiger partial charge in [-0.2, -0.15) is 5.26 Å². The van der Waals surface area contributed by atoms with Crippen LogP contribution in [0.1, 0.15) is 48.6 Å². The van der Waals surface area contributed by atoms with Gasteiger partial charge >= 0.3 is 0 Å². The summed E-state index contributed by atoms with van der Waals surface area (Å²) in [7, 11) is 3.57. The van der Waals surface area contributed by atoms with Crippen LogP contribution in [-0.2, 0) is 6.42 Å². The molecule has 6 nitrogen and oxygen atoms in total. The number of aromatic nitrogens is 1. The first-order valence-corrected chi connectivity index (χ1v) is 12.2. The molecule has 36 heavy (non-hydrogen) atoms. The average Bonchev–Trinajstić information content (AvgIpc) is 2.92.